The highest BCUT2D eigenvalue weighted by Crippen LogP contribution is 2.29. The fourth-order valence-corrected chi connectivity index (χ4v) is 2.21. The van der Waals surface area contributed by atoms with Crippen molar-refractivity contribution in [3.05, 3.63) is 0 Å². The predicted octanol–water partition coefficient (Wildman–Crippen LogP) is 1.36. The summed E-state index contributed by atoms with van der Waals surface area (Å²) in [5, 5.41) is 12.3. The topological polar surface area (TPSA) is 39.1 Å². The first-order chi connectivity index (χ1) is 6.67. The highest BCUT2D eigenvalue weighted by Gasteiger charge is 2.34. The minimum atomic E-state index is -0.245. The standard InChI is InChI=1S/C11H21N3/c1-4-14(3)10-5-7-11(9-12,13-2)8-6-10/h10,13H,4-8H2,1-3H3. The van der Waals surface area contributed by atoms with E-state index in [0.29, 0.717) is 6.04 Å². The number of rotatable bonds is 3. The SMILES string of the molecule is CCN(C)C1CCC(C#N)(NC)CC1. The van der Waals surface area contributed by atoms with E-state index in [2.05, 4.69) is 30.3 Å². The first-order valence-electron chi connectivity index (χ1n) is 5.48. The van der Waals surface area contributed by atoms with Gasteiger partial charge in [-0.25, -0.2) is 0 Å². The summed E-state index contributed by atoms with van der Waals surface area (Å²) < 4.78 is 0. The Hall–Kier alpha value is -0.590. The van der Waals surface area contributed by atoms with E-state index in [-0.39, 0.29) is 5.54 Å². The summed E-state index contributed by atoms with van der Waals surface area (Å²) in [6.45, 7) is 3.29. The number of nitrogens with zero attached hydrogens (tertiary/aromatic N) is 2. The quantitative estimate of drug-likeness (QED) is 0.739. The van der Waals surface area contributed by atoms with Crippen LogP contribution in [0.15, 0.2) is 0 Å². The maximum absolute atomic E-state index is 9.10. The van der Waals surface area contributed by atoms with Gasteiger partial charge in [-0.15, -0.1) is 0 Å². The maximum Gasteiger partial charge on any atom is 0.106 e. The van der Waals surface area contributed by atoms with Crippen LogP contribution in [0.1, 0.15) is 32.6 Å². The van der Waals surface area contributed by atoms with Gasteiger partial charge in [-0.05, 0) is 46.3 Å². The average Bonchev–Trinajstić information content (AvgIpc) is 2.28. The van der Waals surface area contributed by atoms with Crippen molar-refractivity contribution in [3.8, 4) is 6.07 Å². The molecule has 0 saturated heterocycles. The molecule has 0 unspecified atom stereocenters. The van der Waals surface area contributed by atoms with E-state index in [1.165, 1.54) is 0 Å². The van der Waals surface area contributed by atoms with Crippen molar-refractivity contribution < 1.29 is 0 Å². The Morgan fingerprint density at radius 1 is 1.50 bits per heavy atom. The molecule has 0 heterocycles. The van der Waals surface area contributed by atoms with Gasteiger partial charge in [0.2, 0.25) is 0 Å². The minimum absolute atomic E-state index is 0.245. The fourth-order valence-electron chi connectivity index (χ4n) is 2.21. The summed E-state index contributed by atoms with van der Waals surface area (Å²) in [7, 11) is 4.07. The molecule has 0 atom stereocenters. The summed E-state index contributed by atoms with van der Waals surface area (Å²) >= 11 is 0. The van der Waals surface area contributed by atoms with Crippen molar-refractivity contribution in [2.24, 2.45) is 0 Å². The molecular formula is C11H21N3. The lowest BCUT2D eigenvalue weighted by Crippen LogP contribution is -2.48. The van der Waals surface area contributed by atoms with Crippen molar-refractivity contribution in [2.75, 3.05) is 20.6 Å². The molecule has 1 fully saturated rings. The van der Waals surface area contributed by atoms with E-state index in [1.807, 2.05) is 7.05 Å². The van der Waals surface area contributed by atoms with Gasteiger partial charge in [0.15, 0.2) is 0 Å². The van der Waals surface area contributed by atoms with Crippen LogP contribution < -0.4 is 5.32 Å². The molecule has 0 aromatic rings. The molecule has 1 saturated carbocycles. The lowest BCUT2D eigenvalue weighted by molar-refractivity contribution is 0.163. The molecule has 14 heavy (non-hydrogen) atoms. The Labute approximate surface area is 87.1 Å². The van der Waals surface area contributed by atoms with Crippen molar-refractivity contribution in [1.29, 1.82) is 5.26 Å². The molecule has 1 aliphatic rings. The first-order valence-corrected chi connectivity index (χ1v) is 5.48. The number of hydrogen-bond acceptors (Lipinski definition) is 3. The summed E-state index contributed by atoms with van der Waals surface area (Å²) in [4.78, 5) is 2.39. The third-order valence-corrected chi connectivity index (χ3v) is 3.62. The molecule has 0 aromatic heterocycles. The molecule has 0 amide bonds. The Morgan fingerprint density at radius 3 is 2.43 bits per heavy atom. The molecule has 1 aliphatic carbocycles. The van der Waals surface area contributed by atoms with Crippen LogP contribution in [0.4, 0.5) is 0 Å². The largest absolute Gasteiger partial charge is 0.304 e. The Morgan fingerprint density at radius 2 is 2.07 bits per heavy atom. The molecule has 0 aliphatic heterocycles. The summed E-state index contributed by atoms with van der Waals surface area (Å²) in [5.74, 6) is 0. The molecule has 80 valence electrons. The third-order valence-electron chi connectivity index (χ3n) is 3.62. The second kappa shape index (κ2) is 4.77. The first kappa shape index (κ1) is 11.5. The summed E-state index contributed by atoms with van der Waals surface area (Å²) in [5.41, 5.74) is -0.245. The molecule has 3 nitrogen and oxygen atoms in total. The van der Waals surface area contributed by atoms with Crippen molar-refractivity contribution in [1.82, 2.24) is 10.2 Å². The Balaban J connectivity index is 2.49. The summed E-state index contributed by atoms with van der Waals surface area (Å²) in [6, 6.07) is 3.09. The molecule has 1 rings (SSSR count). The molecule has 3 heteroatoms. The fraction of sp³-hybridized carbons (Fsp3) is 0.909. The van der Waals surface area contributed by atoms with Gasteiger partial charge in [0.05, 0.1) is 6.07 Å². The highest BCUT2D eigenvalue weighted by atomic mass is 15.1. The van der Waals surface area contributed by atoms with E-state index in [0.717, 1.165) is 32.2 Å². The molecule has 0 bridgehead atoms. The smallest absolute Gasteiger partial charge is 0.106 e. The van der Waals surface area contributed by atoms with Crippen molar-refractivity contribution in [3.63, 3.8) is 0 Å². The summed E-state index contributed by atoms with van der Waals surface area (Å²) in [6.07, 6.45) is 4.24. The van der Waals surface area contributed by atoms with Crippen molar-refractivity contribution in [2.45, 2.75) is 44.2 Å². The molecule has 0 aromatic carbocycles. The normalized spacial score (nSPS) is 32.9. The van der Waals surface area contributed by atoms with E-state index in [4.69, 9.17) is 5.26 Å². The monoisotopic (exact) mass is 195 g/mol. The van der Waals surface area contributed by atoms with Gasteiger partial charge in [0, 0.05) is 6.04 Å². The molecule has 0 spiro atoms. The second-order valence-corrected chi connectivity index (χ2v) is 4.25. The number of nitrogens with one attached hydrogen (secondary N) is 1. The van der Waals surface area contributed by atoms with Gasteiger partial charge >= 0.3 is 0 Å². The van der Waals surface area contributed by atoms with E-state index >= 15 is 0 Å². The van der Waals surface area contributed by atoms with E-state index in [9.17, 15) is 0 Å². The zero-order valence-corrected chi connectivity index (χ0v) is 9.51. The van der Waals surface area contributed by atoms with Crippen LogP contribution in [0, 0.1) is 11.3 Å². The van der Waals surface area contributed by atoms with Gasteiger partial charge in [-0.3, -0.25) is 0 Å². The van der Waals surface area contributed by atoms with Gasteiger partial charge in [-0.2, -0.15) is 5.26 Å². The van der Waals surface area contributed by atoms with Crippen LogP contribution in [-0.4, -0.2) is 37.1 Å². The van der Waals surface area contributed by atoms with Crippen LogP contribution in [0.2, 0.25) is 0 Å². The van der Waals surface area contributed by atoms with E-state index < -0.39 is 0 Å². The lowest BCUT2D eigenvalue weighted by atomic mass is 9.80. The van der Waals surface area contributed by atoms with Gasteiger partial charge in [0.1, 0.15) is 5.54 Å². The van der Waals surface area contributed by atoms with Gasteiger partial charge < -0.3 is 10.2 Å². The third kappa shape index (κ3) is 2.26. The van der Waals surface area contributed by atoms with Crippen LogP contribution >= 0.6 is 0 Å². The molecule has 1 N–H and O–H groups in total. The Kier molecular flexibility index (Phi) is 3.91. The van der Waals surface area contributed by atoms with Crippen LogP contribution in [0.25, 0.3) is 0 Å². The lowest BCUT2D eigenvalue weighted by Gasteiger charge is -2.38. The zero-order valence-electron chi connectivity index (χ0n) is 9.51. The van der Waals surface area contributed by atoms with Gasteiger partial charge in [-0.1, -0.05) is 6.92 Å². The zero-order chi connectivity index (χ0) is 10.6. The maximum atomic E-state index is 9.10. The highest BCUT2D eigenvalue weighted by molar-refractivity contribution is 5.09. The van der Waals surface area contributed by atoms with E-state index in [1.54, 1.807) is 0 Å². The molecular weight excluding hydrogens is 174 g/mol. The van der Waals surface area contributed by atoms with Crippen LogP contribution in [0.3, 0.4) is 0 Å². The average molecular weight is 195 g/mol. The molecule has 0 radical (unpaired) electrons. The minimum Gasteiger partial charge on any atom is -0.304 e. The van der Waals surface area contributed by atoms with Gasteiger partial charge in [0.25, 0.3) is 0 Å². The van der Waals surface area contributed by atoms with Crippen LogP contribution in [0.5, 0.6) is 0 Å². The second-order valence-electron chi connectivity index (χ2n) is 4.25. The Bertz CT molecular complexity index is 211. The van der Waals surface area contributed by atoms with Crippen LogP contribution in [-0.2, 0) is 0 Å². The van der Waals surface area contributed by atoms with Crippen molar-refractivity contribution >= 4 is 0 Å². The number of nitriles is 1. The number of hydrogen-bond donors (Lipinski definition) is 1. The predicted molar refractivity (Wildman–Crippen MR) is 58.0 cm³/mol.